The number of nitrogens with zero attached hydrogens (tertiary/aromatic N) is 5. The summed E-state index contributed by atoms with van der Waals surface area (Å²) in [5, 5.41) is 4.19. The van der Waals surface area contributed by atoms with Crippen molar-refractivity contribution in [1.82, 2.24) is 24.6 Å². The van der Waals surface area contributed by atoms with Gasteiger partial charge < -0.3 is 13.8 Å². The van der Waals surface area contributed by atoms with E-state index in [2.05, 4.69) is 56.6 Å². The Morgan fingerprint density at radius 2 is 1.77 bits per heavy atom. The Bertz CT molecular complexity index is 1170. The summed E-state index contributed by atoms with van der Waals surface area (Å²) < 4.78 is 13.1. The number of fused-ring (bicyclic) bond motifs is 1. The van der Waals surface area contributed by atoms with Crippen molar-refractivity contribution < 1.29 is 9.26 Å². The van der Waals surface area contributed by atoms with E-state index >= 15 is 0 Å². The van der Waals surface area contributed by atoms with Crippen LogP contribution in [0.25, 0.3) is 33.9 Å². The number of imidazole rings is 1. The van der Waals surface area contributed by atoms with Gasteiger partial charge in [-0.05, 0) is 55.3 Å². The van der Waals surface area contributed by atoms with Crippen LogP contribution in [0.2, 0.25) is 0 Å². The maximum absolute atomic E-state index is 5.52. The van der Waals surface area contributed by atoms with Crippen LogP contribution in [-0.2, 0) is 11.3 Å². The molecular weight excluding hydrogens is 378 g/mol. The molecule has 0 N–H and O–H groups in total. The maximum atomic E-state index is 5.52. The standard InChI is InChI=1S/C23H25N5O2/c1-16-3-4-19(13-17(16)2)23-25-22(26-30-23)18-5-6-21-20(14-18)24-15-28(21)8-7-27-9-11-29-12-10-27/h3-6,13-15H,7-12H2,1-2H3. The van der Waals surface area contributed by atoms with E-state index in [0.717, 1.165) is 61.6 Å². The van der Waals surface area contributed by atoms with Gasteiger partial charge in [-0.1, -0.05) is 11.2 Å². The average Bonchev–Trinajstić information content (AvgIpc) is 3.42. The van der Waals surface area contributed by atoms with Gasteiger partial charge in [0, 0.05) is 37.3 Å². The summed E-state index contributed by atoms with van der Waals surface area (Å²) >= 11 is 0. The minimum atomic E-state index is 0.532. The highest BCUT2D eigenvalue weighted by Crippen LogP contribution is 2.26. The second-order valence-corrected chi connectivity index (χ2v) is 7.82. The van der Waals surface area contributed by atoms with Crippen LogP contribution >= 0.6 is 0 Å². The molecular formula is C23H25N5O2. The predicted octanol–water partition coefficient (Wildman–Crippen LogP) is 3.70. The van der Waals surface area contributed by atoms with Crippen molar-refractivity contribution in [3.05, 3.63) is 53.9 Å². The molecule has 30 heavy (non-hydrogen) atoms. The second-order valence-electron chi connectivity index (χ2n) is 7.82. The molecule has 0 amide bonds. The average molecular weight is 403 g/mol. The molecule has 5 rings (SSSR count). The number of benzene rings is 2. The molecule has 1 saturated heterocycles. The molecule has 7 heteroatoms. The molecule has 0 spiro atoms. The van der Waals surface area contributed by atoms with Crippen molar-refractivity contribution in [1.29, 1.82) is 0 Å². The first kappa shape index (κ1) is 19.0. The Kier molecular flexibility index (Phi) is 5.06. The van der Waals surface area contributed by atoms with E-state index in [-0.39, 0.29) is 0 Å². The van der Waals surface area contributed by atoms with E-state index in [1.807, 2.05) is 24.5 Å². The first-order valence-electron chi connectivity index (χ1n) is 10.3. The predicted molar refractivity (Wildman–Crippen MR) is 115 cm³/mol. The summed E-state index contributed by atoms with van der Waals surface area (Å²) in [4.78, 5) is 11.6. The number of aryl methyl sites for hydroxylation is 2. The van der Waals surface area contributed by atoms with Crippen molar-refractivity contribution >= 4 is 11.0 Å². The van der Waals surface area contributed by atoms with E-state index in [1.165, 1.54) is 11.1 Å². The molecule has 0 radical (unpaired) electrons. The summed E-state index contributed by atoms with van der Waals surface area (Å²) in [6.45, 7) is 9.73. The van der Waals surface area contributed by atoms with Gasteiger partial charge in [-0.2, -0.15) is 4.98 Å². The van der Waals surface area contributed by atoms with Crippen molar-refractivity contribution in [3.8, 4) is 22.8 Å². The van der Waals surface area contributed by atoms with Crippen LogP contribution in [0.4, 0.5) is 0 Å². The Balaban J connectivity index is 1.35. The Hall–Kier alpha value is -3.03. The number of ether oxygens (including phenoxy) is 1. The fourth-order valence-electron chi connectivity index (χ4n) is 3.79. The highest BCUT2D eigenvalue weighted by Gasteiger charge is 2.14. The summed E-state index contributed by atoms with van der Waals surface area (Å²) in [6.07, 6.45) is 1.91. The lowest BCUT2D eigenvalue weighted by Crippen LogP contribution is -2.38. The highest BCUT2D eigenvalue weighted by molar-refractivity contribution is 5.80. The third-order valence-electron chi connectivity index (χ3n) is 5.82. The van der Waals surface area contributed by atoms with E-state index < -0.39 is 0 Å². The molecule has 4 aromatic rings. The van der Waals surface area contributed by atoms with Gasteiger partial charge >= 0.3 is 0 Å². The molecule has 0 atom stereocenters. The van der Waals surface area contributed by atoms with Crippen molar-refractivity contribution in [2.45, 2.75) is 20.4 Å². The van der Waals surface area contributed by atoms with Gasteiger partial charge in [-0.25, -0.2) is 4.98 Å². The molecule has 1 aliphatic rings. The first-order chi connectivity index (χ1) is 14.7. The van der Waals surface area contributed by atoms with Crippen LogP contribution in [0.15, 0.2) is 47.2 Å². The topological polar surface area (TPSA) is 69.2 Å². The smallest absolute Gasteiger partial charge is 0.258 e. The number of hydrogen-bond acceptors (Lipinski definition) is 6. The number of hydrogen-bond donors (Lipinski definition) is 0. The third kappa shape index (κ3) is 3.74. The molecule has 0 aliphatic carbocycles. The molecule has 1 aliphatic heterocycles. The summed E-state index contributed by atoms with van der Waals surface area (Å²) in [5.74, 6) is 1.11. The van der Waals surface area contributed by atoms with Gasteiger partial charge in [0.15, 0.2) is 0 Å². The van der Waals surface area contributed by atoms with Crippen LogP contribution in [0, 0.1) is 13.8 Å². The number of rotatable bonds is 5. The molecule has 2 aromatic heterocycles. The SMILES string of the molecule is Cc1ccc(-c2nc(-c3ccc4c(c3)ncn4CCN3CCOCC3)no2)cc1C. The summed E-state index contributed by atoms with van der Waals surface area (Å²) in [7, 11) is 0. The maximum Gasteiger partial charge on any atom is 0.258 e. The monoisotopic (exact) mass is 403 g/mol. The van der Waals surface area contributed by atoms with Crippen molar-refractivity contribution in [2.24, 2.45) is 0 Å². The summed E-state index contributed by atoms with van der Waals surface area (Å²) in [5.41, 5.74) is 6.34. The minimum absolute atomic E-state index is 0.532. The lowest BCUT2D eigenvalue weighted by Gasteiger charge is -2.26. The zero-order chi connectivity index (χ0) is 20.5. The largest absolute Gasteiger partial charge is 0.379 e. The zero-order valence-electron chi connectivity index (χ0n) is 17.3. The van der Waals surface area contributed by atoms with Crippen LogP contribution < -0.4 is 0 Å². The minimum Gasteiger partial charge on any atom is -0.379 e. The summed E-state index contributed by atoms with van der Waals surface area (Å²) in [6, 6.07) is 12.3. The van der Waals surface area contributed by atoms with Crippen LogP contribution in [-0.4, -0.2) is 57.4 Å². The zero-order valence-corrected chi connectivity index (χ0v) is 17.3. The lowest BCUT2D eigenvalue weighted by atomic mass is 10.1. The van der Waals surface area contributed by atoms with Crippen molar-refractivity contribution in [3.63, 3.8) is 0 Å². The van der Waals surface area contributed by atoms with Gasteiger partial charge in [-0.3, -0.25) is 4.90 Å². The molecule has 154 valence electrons. The van der Waals surface area contributed by atoms with Crippen LogP contribution in [0.5, 0.6) is 0 Å². The van der Waals surface area contributed by atoms with E-state index in [0.29, 0.717) is 11.7 Å². The molecule has 3 heterocycles. The number of aromatic nitrogens is 4. The van der Waals surface area contributed by atoms with Gasteiger partial charge in [0.1, 0.15) is 0 Å². The Morgan fingerprint density at radius 1 is 0.933 bits per heavy atom. The van der Waals surface area contributed by atoms with Gasteiger partial charge in [0.05, 0.1) is 30.6 Å². The molecule has 0 saturated carbocycles. The molecule has 0 bridgehead atoms. The highest BCUT2D eigenvalue weighted by atomic mass is 16.5. The lowest BCUT2D eigenvalue weighted by molar-refractivity contribution is 0.0365. The fourth-order valence-corrected chi connectivity index (χ4v) is 3.79. The second kappa shape index (κ2) is 8.01. The molecule has 2 aromatic carbocycles. The molecule has 7 nitrogen and oxygen atoms in total. The molecule has 0 unspecified atom stereocenters. The first-order valence-corrected chi connectivity index (χ1v) is 10.3. The van der Waals surface area contributed by atoms with E-state index in [9.17, 15) is 0 Å². The Morgan fingerprint density at radius 3 is 2.60 bits per heavy atom. The third-order valence-corrected chi connectivity index (χ3v) is 5.82. The number of morpholine rings is 1. The van der Waals surface area contributed by atoms with E-state index in [1.54, 1.807) is 0 Å². The quantitative estimate of drug-likeness (QED) is 0.506. The van der Waals surface area contributed by atoms with Crippen LogP contribution in [0.1, 0.15) is 11.1 Å². The van der Waals surface area contributed by atoms with E-state index in [4.69, 9.17) is 9.26 Å². The molecule has 1 fully saturated rings. The normalized spacial score (nSPS) is 15.1. The fraction of sp³-hybridized carbons (Fsp3) is 0.348. The van der Waals surface area contributed by atoms with Crippen LogP contribution in [0.3, 0.4) is 0 Å². The Labute approximate surface area is 175 Å². The van der Waals surface area contributed by atoms with Gasteiger partial charge in [0.25, 0.3) is 5.89 Å². The van der Waals surface area contributed by atoms with Gasteiger partial charge in [-0.15, -0.1) is 0 Å². The van der Waals surface area contributed by atoms with Gasteiger partial charge in [0.2, 0.25) is 5.82 Å². The van der Waals surface area contributed by atoms with Crippen molar-refractivity contribution in [2.75, 3.05) is 32.8 Å².